The number of para-hydroxylation sites is 1. The van der Waals surface area contributed by atoms with Crippen molar-refractivity contribution in [2.45, 2.75) is 6.92 Å². The Hall–Kier alpha value is -4.27. The first-order valence-electron chi connectivity index (χ1n) is 9.36. The van der Waals surface area contributed by atoms with E-state index in [0.717, 1.165) is 0 Å². The number of imidazole rings is 1. The molecule has 9 heteroatoms. The molecule has 8 nitrogen and oxygen atoms in total. The van der Waals surface area contributed by atoms with Crippen LogP contribution in [0.2, 0.25) is 0 Å². The van der Waals surface area contributed by atoms with Crippen molar-refractivity contribution in [2.24, 2.45) is 0 Å². The maximum Gasteiger partial charge on any atom is 0.262 e. The summed E-state index contributed by atoms with van der Waals surface area (Å²) in [5.74, 6) is 1.21. The van der Waals surface area contributed by atoms with Gasteiger partial charge in [0.15, 0.2) is 18.2 Å². The van der Waals surface area contributed by atoms with Gasteiger partial charge in [-0.3, -0.25) is 9.36 Å². The van der Waals surface area contributed by atoms with Gasteiger partial charge in [-0.1, -0.05) is 12.1 Å². The third kappa shape index (κ3) is 5.21. The summed E-state index contributed by atoms with van der Waals surface area (Å²) in [4.78, 5) is 24.7. The zero-order valence-corrected chi connectivity index (χ0v) is 16.5. The van der Waals surface area contributed by atoms with Crippen LogP contribution in [0.1, 0.15) is 5.82 Å². The molecule has 0 aliphatic carbocycles. The standard InChI is InChI=1S/C22H18FN5O3/c1-15-25-20(28-11-10-24-14-28)12-22(26-15)31-17-8-6-16(7-9-17)27-21(29)13-30-19-5-3-2-4-18(19)23/h2-12,14H,13H2,1H3,(H,27,29). The zero-order chi connectivity index (χ0) is 21.6. The van der Waals surface area contributed by atoms with Crippen molar-refractivity contribution in [3.8, 4) is 23.2 Å². The number of nitrogens with one attached hydrogen (secondary N) is 1. The molecule has 1 N–H and O–H groups in total. The van der Waals surface area contributed by atoms with Crippen LogP contribution in [0.4, 0.5) is 10.1 Å². The van der Waals surface area contributed by atoms with Crippen molar-refractivity contribution >= 4 is 11.6 Å². The lowest BCUT2D eigenvalue weighted by atomic mass is 10.3. The minimum atomic E-state index is -0.520. The monoisotopic (exact) mass is 419 g/mol. The number of aromatic nitrogens is 4. The maximum absolute atomic E-state index is 13.5. The molecule has 0 radical (unpaired) electrons. The van der Waals surface area contributed by atoms with Gasteiger partial charge in [0, 0.05) is 24.1 Å². The summed E-state index contributed by atoms with van der Waals surface area (Å²) in [5.41, 5.74) is 0.549. The minimum absolute atomic E-state index is 0.0246. The van der Waals surface area contributed by atoms with Gasteiger partial charge in [-0.25, -0.2) is 14.4 Å². The van der Waals surface area contributed by atoms with E-state index in [2.05, 4.69) is 20.3 Å². The highest BCUT2D eigenvalue weighted by Crippen LogP contribution is 2.23. The first kappa shape index (κ1) is 20.0. The zero-order valence-electron chi connectivity index (χ0n) is 16.5. The van der Waals surface area contributed by atoms with E-state index >= 15 is 0 Å². The van der Waals surface area contributed by atoms with E-state index in [1.165, 1.54) is 12.1 Å². The van der Waals surface area contributed by atoms with Crippen LogP contribution in [-0.2, 0) is 4.79 Å². The van der Waals surface area contributed by atoms with Crippen molar-refractivity contribution in [3.05, 3.63) is 85.0 Å². The normalized spacial score (nSPS) is 10.5. The van der Waals surface area contributed by atoms with Gasteiger partial charge in [0.25, 0.3) is 5.91 Å². The highest BCUT2D eigenvalue weighted by Gasteiger charge is 2.09. The fourth-order valence-corrected chi connectivity index (χ4v) is 2.73. The average molecular weight is 419 g/mol. The van der Waals surface area contributed by atoms with E-state index < -0.39 is 11.7 Å². The van der Waals surface area contributed by atoms with Gasteiger partial charge >= 0.3 is 0 Å². The van der Waals surface area contributed by atoms with E-state index in [-0.39, 0.29) is 12.4 Å². The molecule has 0 saturated heterocycles. The van der Waals surface area contributed by atoms with Crippen molar-refractivity contribution in [1.29, 1.82) is 0 Å². The molecule has 0 atom stereocenters. The molecule has 0 spiro atoms. The van der Waals surface area contributed by atoms with Crippen LogP contribution in [0.3, 0.4) is 0 Å². The van der Waals surface area contributed by atoms with Crippen molar-refractivity contribution in [2.75, 3.05) is 11.9 Å². The summed E-state index contributed by atoms with van der Waals surface area (Å²) in [6, 6.07) is 14.4. The van der Waals surface area contributed by atoms with Crippen LogP contribution in [0.5, 0.6) is 17.4 Å². The summed E-state index contributed by atoms with van der Waals surface area (Å²) in [5, 5.41) is 2.68. The molecule has 4 aromatic rings. The Labute approximate surface area is 177 Å². The number of aryl methyl sites for hydroxylation is 1. The number of halogens is 1. The Kier molecular flexibility index (Phi) is 5.84. The Bertz CT molecular complexity index is 1180. The van der Waals surface area contributed by atoms with Gasteiger partial charge in [-0.05, 0) is 43.3 Å². The SMILES string of the molecule is Cc1nc(Oc2ccc(NC(=O)COc3ccccc3F)cc2)cc(-n2ccnc2)n1. The smallest absolute Gasteiger partial charge is 0.262 e. The largest absolute Gasteiger partial charge is 0.481 e. The number of nitrogens with zero attached hydrogens (tertiary/aromatic N) is 4. The highest BCUT2D eigenvalue weighted by molar-refractivity contribution is 5.91. The molecule has 2 aromatic heterocycles. The summed E-state index contributed by atoms with van der Waals surface area (Å²) >= 11 is 0. The van der Waals surface area contributed by atoms with Gasteiger partial charge in [0.1, 0.15) is 23.7 Å². The molecule has 0 aliphatic heterocycles. The number of anilines is 1. The number of hydrogen-bond acceptors (Lipinski definition) is 6. The van der Waals surface area contributed by atoms with Crippen LogP contribution < -0.4 is 14.8 Å². The number of carbonyl (C=O) groups excluding carboxylic acids is 1. The summed E-state index contributed by atoms with van der Waals surface area (Å²) in [6.45, 7) is 1.46. The van der Waals surface area contributed by atoms with E-state index in [1.807, 2.05) is 0 Å². The lowest BCUT2D eigenvalue weighted by molar-refractivity contribution is -0.118. The van der Waals surface area contributed by atoms with Crippen molar-refractivity contribution < 1.29 is 18.7 Å². The Morgan fingerprint density at radius 1 is 1.13 bits per heavy atom. The molecule has 0 fully saturated rings. The van der Waals surface area contributed by atoms with Crippen LogP contribution in [0.15, 0.2) is 73.3 Å². The molecular formula is C22H18FN5O3. The Balaban J connectivity index is 1.36. The second-order valence-corrected chi connectivity index (χ2v) is 6.48. The van der Waals surface area contributed by atoms with Gasteiger partial charge in [-0.15, -0.1) is 0 Å². The van der Waals surface area contributed by atoms with E-state index in [1.54, 1.807) is 72.7 Å². The third-order valence-electron chi connectivity index (χ3n) is 4.13. The van der Waals surface area contributed by atoms with Crippen LogP contribution in [-0.4, -0.2) is 32.0 Å². The number of amides is 1. The second kappa shape index (κ2) is 9.04. The van der Waals surface area contributed by atoms with Crippen LogP contribution in [0, 0.1) is 12.7 Å². The second-order valence-electron chi connectivity index (χ2n) is 6.48. The molecule has 156 valence electrons. The van der Waals surface area contributed by atoms with Gasteiger partial charge in [-0.2, -0.15) is 4.98 Å². The Morgan fingerprint density at radius 3 is 2.68 bits per heavy atom. The molecule has 0 unspecified atom stereocenters. The van der Waals surface area contributed by atoms with Crippen molar-refractivity contribution in [3.63, 3.8) is 0 Å². The third-order valence-corrected chi connectivity index (χ3v) is 4.13. The Morgan fingerprint density at radius 2 is 1.94 bits per heavy atom. The van der Waals surface area contributed by atoms with E-state index in [9.17, 15) is 9.18 Å². The van der Waals surface area contributed by atoms with Gasteiger partial charge in [0.2, 0.25) is 5.88 Å². The predicted octanol–water partition coefficient (Wildman–Crippen LogP) is 3.92. The van der Waals surface area contributed by atoms with Gasteiger partial charge in [0.05, 0.1) is 0 Å². The molecule has 2 aromatic carbocycles. The van der Waals surface area contributed by atoms with E-state index in [0.29, 0.717) is 29.0 Å². The first-order valence-corrected chi connectivity index (χ1v) is 9.36. The molecule has 31 heavy (non-hydrogen) atoms. The molecule has 2 heterocycles. The molecule has 0 saturated carbocycles. The topological polar surface area (TPSA) is 91.2 Å². The van der Waals surface area contributed by atoms with Gasteiger partial charge < -0.3 is 14.8 Å². The number of carbonyl (C=O) groups is 1. The molecule has 1 amide bonds. The average Bonchev–Trinajstić information content (AvgIpc) is 3.29. The lowest BCUT2D eigenvalue weighted by Gasteiger charge is -2.10. The number of rotatable bonds is 7. The summed E-state index contributed by atoms with van der Waals surface area (Å²) in [7, 11) is 0. The predicted molar refractivity (Wildman–Crippen MR) is 111 cm³/mol. The molecular weight excluding hydrogens is 401 g/mol. The van der Waals surface area contributed by atoms with E-state index in [4.69, 9.17) is 9.47 Å². The fourth-order valence-electron chi connectivity index (χ4n) is 2.73. The van der Waals surface area contributed by atoms with Crippen LogP contribution >= 0.6 is 0 Å². The number of ether oxygens (including phenoxy) is 2. The lowest BCUT2D eigenvalue weighted by Crippen LogP contribution is -2.20. The molecule has 0 bridgehead atoms. The molecule has 4 rings (SSSR count). The fraction of sp³-hybridized carbons (Fsp3) is 0.0909. The number of benzene rings is 2. The summed E-state index contributed by atoms with van der Waals surface area (Å²) in [6.07, 6.45) is 5.07. The minimum Gasteiger partial charge on any atom is -0.481 e. The van der Waals surface area contributed by atoms with Crippen molar-refractivity contribution in [1.82, 2.24) is 19.5 Å². The number of hydrogen-bond donors (Lipinski definition) is 1. The maximum atomic E-state index is 13.5. The summed E-state index contributed by atoms with van der Waals surface area (Å²) < 4.78 is 26.3. The highest BCUT2D eigenvalue weighted by atomic mass is 19.1. The van der Waals surface area contributed by atoms with Crippen LogP contribution in [0.25, 0.3) is 5.82 Å². The molecule has 0 aliphatic rings. The first-order chi connectivity index (χ1) is 15.1. The quantitative estimate of drug-likeness (QED) is 0.488.